The number of esters is 1. The van der Waals surface area contributed by atoms with E-state index in [1.54, 1.807) is 42.6 Å². The number of rotatable bonds is 3. The van der Waals surface area contributed by atoms with Gasteiger partial charge in [0, 0.05) is 42.1 Å². The largest absolute Gasteiger partial charge is 0.423 e. The molecule has 5 nitrogen and oxygen atoms in total. The second kappa shape index (κ2) is 7.43. The first-order chi connectivity index (χ1) is 9.15. The van der Waals surface area contributed by atoms with Gasteiger partial charge in [0.05, 0.1) is 5.56 Å². The molecule has 6 heteroatoms. The SMILES string of the molecule is CC(=O)Nc1ccc(OC(=O)c2cccnc2)cc1.[Cu]. The van der Waals surface area contributed by atoms with Crippen molar-refractivity contribution in [2.75, 3.05) is 5.32 Å². The molecule has 0 fully saturated rings. The molecule has 1 N–H and O–H groups in total. The van der Waals surface area contributed by atoms with Crippen LogP contribution in [0.5, 0.6) is 5.75 Å². The zero-order valence-electron chi connectivity index (χ0n) is 10.6. The van der Waals surface area contributed by atoms with Crippen molar-refractivity contribution in [1.82, 2.24) is 4.98 Å². The summed E-state index contributed by atoms with van der Waals surface area (Å²) in [7, 11) is 0. The van der Waals surface area contributed by atoms with Gasteiger partial charge in [0.15, 0.2) is 0 Å². The number of pyridine rings is 1. The van der Waals surface area contributed by atoms with E-state index in [1.807, 2.05) is 0 Å². The molecule has 0 saturated carbocycles. The molecule has 1 aromatic carbocycles. The van der Waals surface area contributed by atoms with Crippen LogP contribution in [0, 0.1) is 0 Å². The molecule has 0 bridgehead atoms. The number of hydrogen-bond acceptors (Lipinski definition) is 4. The molecule has 0 aliphatic rings. The van der Waals surface area contributed by atoms with Crippen LogP contribution in [0.3, 0.4) is 0 Å². The van der Waals surface area contributed by atoms with E-state index in [9.17, 15) is 9.59 Å². The molecule has 1 aromatic heterocycles. The van der Waals surface area contributed by atoms with Crippen molar-refractivity contribution in [2.45, 2.75) is 6.92 Å². The van der Waals surface area contributed by atoms with E-state index in [0.29, 0.717) is 17.0 Å². The zero-order valence-corrected chi connectivity index (χ0v) is 11.5. The summed E-state index contributed by atoms with van der Waals surface area (Å²) in [6.45, 7) is 1.43. The van der Waals surface area contributed by atoms with Gasteiger partial charge in [-0.05, 0) is 36.4 Å². The minimum absolute atomic E-state index is 0. The number of hydrogen-bond donors (Lipinski definition) is 1. The molecule has 0 aliphatic carbocycles. The molecular weight excluding hydrogens is 308 g/mol. The third-order valence-electron chi connectivity index (χ3n) is 2.28. The van der Waals surface area contributed by atoms with Crippen LogP contribution in [0.2, 0.25) is 0 Å². The smallest absolute Gasteiger partial charge is 0.345 e. The molecule has 2 aromatic rings. The van der Waals surface area contributed by atoms with Crippen molar-refractivity contribution < 1.29 is 31.4 Å². The average molecular weight is 320 g/mol. The molecule has 1 heterocycles. The van der Waals surface area contributed by atoms with Gasteiger partial charge in [-0.2, -0.15) is 0 Å². The number of carbonyl (C=O) groups excluding carboxylic acids is 2. The summed E-state index contributed by atoms with van der Waals surface area (Å²) in [5.74, 6) is -0.219. The van der Waals surface area contributed by atoms with Crippen LogP contribution in [-0.2, 0) is 21.9 Å². The van der Waals surface area contributed by atoms with Crippen molar-refractivity contribution in [3.63, 3.8) is 0 Å². The first-order valence-electron chi connectivity index (χ1n) is 5.65. The molecule has 2 rings (SSSR count). The molecular formula is C14H12CuN2O3. The van der Waals surface area contributed by atoms with E-state index in [4.69, 9.17) is 4.74 Å². The Morgan fingerprint density at radius 2 is 1.85 bits per heavy atom. The van der Waals surface area contributed by atoms with Gasteiger partial charge >= 0.3 is 5.97 Å². The number of ether oxygens (including phenoxy) is 1. The summed E-state index contributed by atoms with van der Waals surface area (Å²) in [6, 6.07) is 9.83. The summed E-state index contributed by atoms with van der Waals surface area (Å²) < 4.78 is 5.17. The number of anilines is 1. The van der Waals surface area contributed by atoms with Crippen molar-refractivity contribution in [3.05, 3.63) is 54.4 Å². The first kappa shape index (κ1) is 15.9. The minimum atomic E-state index is -0.472. The van der Waals surface area contributed by atoms with E-state index >= 15 is 0 Å². The average Bonchev–Trinajstić information content (AvgIpc) is 2.41. The van der Waals surface area contributed by atoms with Crippen LogP contribution in [0.25, 0.3) is 0 Å². The van der Waals surface area contributed by atoms with Gasteiger partial charge in [-0.25, -0.2) is 4.79 Å². The van der Waals surface area contributed by atoms with Crippen LogP contribution in [-0.4, -0.2) is 16.9 Å². The van der Waals surface area contributed by atoms with Gasteiger partial charge in [0.25, 0.3) is 0 Å². The molecule has 1 radical (unpaired) electrons. The Balaban J connectivity index is 0.00000200. The van der Waals surface area contributed by atoms with E-state index in [-0.39, 0.29) is 23.0 Å². The Morgan fingerprint density at radius 1 is 1.15 bits per heavy atom. The summed E-state index contributed by atoms with van der Waals surface area (Å²) >= 11 is 0. The summed E-state index contributed by atoms with van der Waals surface area (Å²) in [5, 5.41) is 2.63. The molecule has 0 aliphatic heterocycles. The number of benzene rings is 1. The topological polar surface area (TPSA) is 68.3 Å². The van der Waals surface area contributed by atoms with Crippen molar-refractivity contribution in [3.8, 4) is 5.75 Å². The van der Waals surface area contributed by atoms with Crippen LogP contribution >= 0.6 is 0 Å². The van der Waals surface area contributed by atoms with Crippen LogP contribution < -0.4 is 10.1 Å². The Morgan fingerprint density at radius 3 is 2.40 bits per heavy atom. The van der Waals surface area contributed by atoms with Crippen LogP contribution in [0.15, 0.2) is 48.8 Å². The second-order valence-corrected chi connectivity index (χ2v) is 3.84. The van der Waals surface area contributed by atoms with E-state index in [1.165, 1.54) is 13.1 Å². The van der Waals surface area contributed by atoms with E-state index < -0.39 is 5.97 Å². The zero-order chi connectivity index (χ0) is 13.7. The van der Waals surface area contributed by atoms with E-state index in [2.05, 4.69) is 10.3 Å². The van der Waals surface area contributed by atoms with Crippen molar-refractivity contribution in [1.29, 1.82) is 0 Å². The number of aromatic nitrogens is 1. The van der Waals surface area contributed by atoms with Gasteiger partial charge in [0.2, 0.25) is 5.91 Å². The minimum Gasteiger partial charge on any atom is -0.423 e. The van der Waals surface area contributed by atoms with Crippen LogP contribution in [0.1, 0.15) is 17.3 Å². The number of nitrogens with zero attached hydrogens (tertiary/aromatic N) is 1. The number of nitrogens with one attached hydrogen (secondary N) is 1. The fourth-order valence-electron chi connectivity index (χ4n) is 1.46. The summed E-state index contributed by atoms with van der Waals surface area (Å²) in [6.07, 6.45) is 3.02. The Kier molecular flexibility index (Phi) is 5.90. The summed E-state index contributed by atoms with van der Waals surface area (Å²) in [4.78, 5) is 26.4. The van der Waals surface area contributed by atoms with Gasteiger partial charge in [0.1, 0.15) is 5.75 Å². The Labute approximate surface area is 126 Å². The third-order valence-corrected chi connectivity index (χ3v) is 2.28. The predicted molar refractivity (Wildman–Crippen MR) is 69.9 cm³/mol. The molecule has 20 heavy (non-hydrogen) atoms. The van der Waals surface area contributed by atoms with Gasteiger partial charge in [-0.3, -0.25) is 9.78 Å². The molecule has 0 atom stereocenters. The molecule has 0 unspecified atom stereocenters. The third kappa shape index (κ3) is 4.49. The Bertz CT molecular complexity index is 585. The predicted octanol–water partition coefficient (Wildman–Crippen LogP) is 2.26. The molecule has 1 amide bonds. The monoisotopic (exact) mass is 319 g/mol. The first-order valence-corrected chi connectivity index (χ1v) is 5.65. The molecule has 0 saturated heterocycles. The quantitative estimate of drug-likeness (QED) is 0.535. The summed E-state index contributed by atoms with van der Waals surface area (Å²) in [5.41, 5.74) is 1.03. The normalized spacial score (nSPS) is 9.25. The van der Waals surface area contributed by atoms with Crippen molar-refractivity contribution >= 4 is 17.6 Å². The van der Waals surface area contributed by atoms with Gasteiger partial charge in [-0.15, -0.1) is 0 Å². The second-order valence-electron chi connectivity index (χ2n) is 3.84. The maximum Gasteiger partial charge on any atom is 0.345 e. The van der Waals surface area contributed by atoms with Crippen molar-refractivity contribution in [2.24, 2.45) is 0 Å². The maximum atomic E-state index is 11.7. The van der Waals surface area contributed by atoms with Gasteiger partial charge in [-0.1, -0.05) is 0 Å². The molecule has 107 valence electrons. The standard InChI is InChI=1S/C14H12N2O3.Cu/c1-10(17)16-12-4-6-13(7-5-12)19-14(18)11-3-2-8-15-9-11;/h2-9H,1H3,(H,16,17);. The number of amides is 1. The van der Waals surface area contributed by atoms with Gasteiger partial charge < -0.3 is 10.1 Å². The van der Waals surface area contributed by atoms with Crippen LogP contribution in [0.4, 0.5) is 5.69 Å². The molecule has 0 spiro atoms. The Hall–Kier alpha value is -2.17. The maximum absolute atomic E-state index is 11.7. The fraction of sp³-hybridized carbons (Fsp3) is 0.0714. The number of carbonyl (C=O) groups is 2. The van der Waals surface area contributed by atoms with E-state index in [0.717, 1.165) is 0 Å². The fourth-order valence-corrected chi connectivity index (χ4v) is 1.46.